The zero-order valence-electron chi connectivity index (χ0n) is 16.7. The van der Waals surface area contributed by atoms with Crippen LogP contribution in [0.25, 0.3) is 0 Å². The van der Waals surface area contributed by atoms with Gasteiger partial charge in [-0.25, -0.2) is 0 Å². The van der Waals surface area contributed by atoms with Crippen molar-refractivity contribution in [3.05, 3.63) is 34.9 Å². The molecule has 5 heteroatoms. The van der Waals surface area contributed by atoms with Crippen LogP contribution in [-0.2, 0) is 23.9 Å². The van der Waals surface area contributed by atoms with E-state index in [1.165, 1.54) is 18.1 Å². The third kappa shape index (κ3) is 5.65. The van der Waals surface area contributed by atoms with Crippen LogP contribution in [0.3, 0.4) is 0 Å². The largest absolute Gasteiger partial charge is 0.425 e. The monoisotopic (exact) mass is 374 g/mol. The second-order valence-electron chi connectivity index (χ2n) is 7.72. The Bertz CT molecular complexity index is 666. The summed E-state index contributed by atoms with van der Waals surface area (Å²) in [5.41, 5.74) is 3.00. The minimum atomic E-state index is -1.03. The topological polar surface area (TPSA) is 69.7 Å². The van der Waals surface area contributed by atoms with Crippen LogP contribution in [0.2, 0.25) is 0 Å². The van der Waals surface area contributed by atoms with E-state index in [2.05, 4.69) is 19.1 Å². The molecule has 1 aliphatic carbocycles. The van der Waals surface area contributed by atoms with Gasteiger partial charge in [0.15, 0.2) is 0 Å². The van der Waals surface area contributed by atoms with Gasteiger partial charge in [-0.3, -0.25) is 14.4 Å². The SMILES string of the molecule is CC(=O)OC1OC(=O)[C@@H](CCC=C(C)C)[C@H]2CC/C(C)=C/C/C=C(/C=O)C12. The summed E-state index contributed by atoms with van der Waals surface area (Å²) >= 11 is 0. The van der Waals surface area contributed by atoms with Gasteiger partial charge in [-0.15, -0.1) is 0 Å². The fraction of sp³-hybridized carbons (Fsp3) is 0.591. The maximum absolute atomic E-state index is 12.7. The summed E-state index contributed by atoms with van der Waals surface area (Å²) in [7, 11) is 0. The number of aldehydes is 1. The van der Waals surface area contributed by atoms with Gasteiger partial charge in [-0.2, -0.15) is 0 Å². The van der Waals surface area contributed by atoms with Crippen molar-refractivity contribution in [2.24, 2.45) is 17.8 Å². The van der Waals surface area contributed by atoms with Gasteiger partial charge in [0.2, 0.25) is 0 Å². The van der Waals surface area contributed by atoms with E-state index in [0.717, 1.165) is 25.5 Å². The normalized spacial score (nSPS) is 32.1. The molecule has 1 fully saturated rings. The lowest BCUT2D eigenvalue weighted by molar-refractivity contribution is -0.217. The Kier molecular flexibility index (Phi) is 7.57. The fourth-order valence-corrected chi connectivity index (χ4v) is 3.99. The molecule has 5 nitrogen and oxygen atoms in total. The molecule has 0 bridgehead atoms. The van der Waals surface area contributed by atoms with Crippen molar-refractivity contribution < 1.29 is 23.9 Å². The average molecular weight is 374 g/mol. The first kappa shape index (κ1) is 21.1. The third-order valence-electron chi connectivity index (χ3n) is 5.33. The number of hydrogen-bond acceptors (Lipinski definition) is 5. The van der Waals surface area contributed by atoms with E-state index in [1.807, 2.05) is 19.9 Å². The van der Waals surface area contributed by atoms with E-state index in [4.69, 9.17) is 9.47 Å². The predicted octanol–water partition coefficient (Wildman–Crippen LogP) is 4.28. The van der Waals surface area contributed by atoms with Gasteiger partial charge >= 0.3 is 11.9 Å². The fourth-order valence-electron chi connectivity index (χ4n) is 3.99. The van der Waals surface area contributed by atoms with Crippen LogP contribution in [0.4, 0.5) is 0 Å². The van der Waals surface area contributed by atoms with Crippen molar-refractivity contribution in [3.63, 3.8) is 0 Å². The molecule has 1 heterocycles. The lowest BCUT2D eigenvalue weighted by Gasteiger charge is -2.41. The van der Waals surface area contributed by atoms with Crippen LogP contribution in [-0.4, -0.2) is 24.5 Å². The van der Waals surface area contributed by atoms with Gasteiger partial charge in [0.05, 0.1) is 11.8 Å². The quantitative estimate of drug-likeness (QED) is 0.408. The Morgan fingerprint density at radius 1 is 1.30 bits per heavy atom. The van der Waals surface area contributed by atoms with Crippen molar-refractivity contribution in [2.75, 3.05) is 0 Å². The van der Waals surface area contributed by atoms with Crippen LogP contribution in [0, 0.1) is 17.8 Å². The summed E-state index contributed by atoms with van der Waals surface area (Å²) in [6.07, 6.45) is 9.54. The zero-order chi connectivity index (χ0) is 20.0. The summed E-state index contributed by atoms with van der Waals surface area (Å²) in [5.74, 6) is -1.68. The number of rotatable bonds is 5. The zero-order valence-corrected chi connectivity index (χ0v) is 16.7. The predicted molar refractivity (Wildman–Crippen MR) is 103 cm³/mol. The van der Waals surface area contributed by atoms with Crippen molar-refractivity contribution in [3.8, 4) is 0 Å². The molecule has 0 amide bonds. The van der Waals surface area contributed by atoms with Crippen molar-refractivity contribution in [1.82, 2.24) is 0 Å². The number of ether oxygens (including phenoxy) is 2. The molecule has 148 valence electrons. The minimum Gasteiger partial charge on any atom is -0.425 e. The second kappa shape index (κ2) is 9.67. The number of allylic oxidation sites excluding steroid dienone is 5. The van der Waals surface area contributed by atoms with E-state index in [-0.39, 0.29) is 17.8 Å². The number of hydrogen-bond donors (Lipinski definition) is 0. The van der Waals surface area contributed by atoms with Crippen LogP contribution in [0.5, 0.6) is 0 Å². The summed E-state index contributed by atoms with van der Waals surface area (Å²) in [6, 6.07) is 0. The molecular weight excluding hydrogens is 344 g/mol. The van der Waals surface area contributed by atoms with E-state index in [0.29, 0.717) is 18.4 Å². The average Bonchev–Trinajstić information content (AvgIpc) is 2.66. The maximum atomic E-state index is 12.7. The molecule has 2 unspecified atom stereocenters. The van der Waals surface area contributed by atoms with Crippen LogP contribution in [0.15, 0.2) is 34.9 Å². The molecule has 2 aliphatic rings. The molecule has 1 aliphatic heterocycles. The van der Waals surface area contributed by atoms with Gasteiger partial charge in [0.1, 0.15) is 6.29 Å². The Morgan fingerprint density at radius 2 is 2.04 bits per heavy atom. The van der Waals surface area contributed by atoms with Crippen LogP contribution < -0.4 is 0 Å². The number of carbonyl (C=O) groups excluding carboxylic acids is 3. The molecule has 0 saturated carbocycles. The summed E-state index contributed by atoms with van der Waals surface area (Å²) < 4.78 is 10.8. The highest BCUT2D eigenvalue weighted by molar-refractivity contribution is 5.78. The minimum absolute atomic E-state index is 0.0981. The van der Waals surface area contributed by atoms with Crippen molar-refractivity contribution in [2.45, 2.75) is 66.1 Å². The number of esters is 2. The van der Waals surface area contributed by atoms with E-state index in [9.17, 15) is 14.4 Å². The summed E-state index contributed by atoms with van der Waals surface area (Å²) in [6.45, 7) is 7.41. The van der Waals surface area contributed by atoms with Crippen LogP contribution in [0.1, 0.15) is 59.8 Å². The third-order valence-corrected chi connectivity index (χ3v) is 5.33. The van der Waals surface area contributed by atoms with Gasteiger partial charge in [-0.1, -0.05) is 29.4 Å². The van der Waals surface area contributed by atoms with E-state index >= 15 is 0 Å². The first-order valence-electron chi connectivity index (χ1n) is 9.65. The Labute approximate surface area is 161 Å². The molecular formula is C22H30O5. The van der Waals surface area contributed by atoms with Gasteiger partial charge in [-0.05, 0) is 64.4 Å². The molecule has 0 spiro atoms. The van der Waals surface area contributed by atoms with Crippen LogP contribution >= 0.6 is 0 Å². The number of fused-ring (bicyclic) bond motifs is 1. The highest BCUT2D eigenvalue weighted by atomic mass is 16.7. The van der Waals surface area contributed by atoms with Gasteiger partial charge in [0.25, 0.3) is 6.29 Å². The standard InChI is InChI=1S/C22H30O5/c1-14(2)7-5-10-19-18-12-11-15(3)8-6-9-17(13-23)20(18)22(26-16(4)24)27-21(19)25/h7-9,13,18-20,22H,5-6,10-12H2,1-4H3/b15-8+,17-9-/t18-,19+,20?,22?/m1/s1. The van der Waals surface area contributed by atoms with E-state index < -0.39 is 18.2 Å². The van der Waals surface area contributed by atoms with E-state index in [1.54, 1.807) is 0 Å². The maximum Gasteiger partial charge on any atom is 0.312 e. The Balaban J connectivity index is 2.40. The van der Waals surface area contributed by atoms with Gasteiger partial charge in [0, 0.05) is 6.92 Å². The Morgan fingerprint density at radius 3 is 2.67 bits per heavy atom. The first-order chi connectivity index (χ1) is 12.8. The highest BCUT2D eigenvalue weighted by Crippen LogP contribution is 2.43. The Hall–Kier alpha value is -2.17. The second-order valence-corrected chi connectivity index (χ2v) is 7.72. The molecule has 0 N–H and O–H groups in total. The molecule has 0 aromatic carbocycles. The van der Waals surface area contributed by atoms with Crippen molar-refractivity contribution in [1.29, 1.82) is 0 Å². The lowest BCUT2D eigenvalue weighted by Crippen LogP contribution is -2.48. The summed E-state index contributed by atoms with van der Waals surface area (Å²) in [5, 5.41) is 0. The molecule has 0 aromatic heterocycles. The molecule has 1 saturated heterocycles. The lowest BCUT2D eigenvalue weighted by atomic mass is 9.71. The number of cyclic esters (lactones) is 1. The molecule has 27 heavy (non-hydrogen) atoms. The van der Waals surface area contributed by atoms with Gasteiger partial charge < -0.3 is 9.47 Å². The molecule has 4 atom stereocenters. The highest BCUT2D eigenvalue weighted by Gasteiger charge is 2.48. The molecule has 2 rings (SSSR count). The summed E-state index contributed by atoms with van der Waals surface area (Å²) in [4.78, 5) is 36.1. The number of carbonyl (C=O) groups is 3. The first-order valence-corrected chi connectivity index (χ1v) is 9.65. The smallest absolute Gasteiger partial charge is 0.312 e. The molecule has 0 radical (unpaired) electrons. The van der Waals surface area contributed by atoms with Crippen molar-refractivity contribution >= 4 is 18.2 Å². The molecule has 0 aromatic rings.